The molecule has 0 fully saturated rings. The van der Waals surface area contributed by atoms with Gasteiger partial charge < -0.3 is 15.4 Å². The molecule has 0 saturated carbocycles. The zero-order valence-electron chi connectivity index (χ0n) is 12.6. The summed E-state index contributed by atoms with van der Waals surface area (Å²) in [7, 11) is 1.41. The smallest absolute Gasteiger partial charge is 0.410 e. The Labute approximate surface area is 132 Å². The van der Waals surface area contributed by atoms with Gasteiger partial charge in [-0.1, -0.05) is 20.8 Å². The van der Waals surface area contributed by atoms with Gasteiger partial charge in [0.15, 0.2) is 0 Å². The van der Waals surface area contributed by atoms with Crippen molar-refractivity contribution in [1.82, 2.24) is 5.32 Å². The van der Waals surface area contributed by atoms with Crippen LogP contribution in [0.1, 0.15) is 26.3 Å². The van der Waals surface area contributed by atoms with Crippen molar-refractivity contribution in [2.75, 3.05) is 12.4 Å². The SMILES string of the molecule is CNC(=O)Oc1ccc(NC(=O)C(F)(F)Cl)c(C(C)(C)C)c1. The summed E-state index contributed by atoms with van der Waals surface area (Å²) < 4.78 is 30.6. The lowest BCUT2D eigenvalue weighted by Gasteiger charge is -2.24. The fourth-order valence-corrected chi connectivity index (χ4v) is 1.71. The Hall–Kier alpha value is -1.89. The molecular weight excluding hydrogens is 318 g/mol. The zero-order chi connectivity index (χ0) is 17.1. The van der Waals surface area contributed by atoms with E-state index in [0.29, 0.717) is 5.56 Å². The Morgan fingerprint density at radius 3 is 2.27 bits per heavy atom. The van der Waals surface area contributed by atoms with E-state index in [4.69, 9.17) is 16.3 Å². The van der Waals surface area contributed by atoms with Gasteiger partial charge in [-0.05, 0) is 40.8 Å². The Morgan fingerprint density at radius 2 is 1.82 bits per heavy atom. The lowest BCUT2D eigenvalue weighted by molar-refractivity contribution is -0.130. The van der Waals surface area contributed by atoms with Crippen LogP contribution in [0.4, 0.5) is 19.3 Å². The van der Waals surface area contributed by atoms with Crippen molar-refractivity contribution in [1.29, 1.82) is 0 Å². The van der Waals surface area contributed by atoms with Crippen molar-refractivity contribution >= 4 is 29.3 Å². The summed E-state index contributed by atoms with van der Waals surface area (Å²) in [6.07, 6.45) is -0.663. The number of ether oxygens (including phenoxy) is 1. The van der Waals surface area contributed by atoms with E-state index in [0.717, 1.165) is 0 Å². The summed E-state index contributed by atoms with van der Waals surface area (Å²) in [6, 6.07) is 4.25. The lowest BCUT2D eigenvalue weighted by atomic mass is 9.85. The van der Waals surface area contributed by atoms with Gasteiger partial charge in [-0.15, -0.1) is 0 Å². The summed E-state index contributed by atoms with van der Waals surface area (Å²) in [5, 5.41) is 0.358. The van der Waals surface area contributed by atoms with Crippen LogP contribution in [0.3, 0.4) is 0 Å². The maximum Gasteiger partial charge on any atom is 0.412 e. The highest BCUT2D eigenvalue weighted by atomic mass is 35.5. The normalized spacial score (nSPS) is 11.8. The predicted octanol–water partition coefficient (Wildman–Crippen LogP) is 3.47. The Morgan fingerprint density at radius 1 is 1.23 bits per heavy atom. The van der Waals surface area contributed by atoms with E-state index in [1.807, 2.05) is 20.8 Å². The minimum atomic E-state index is -4.01. The highest BCUT2D eigenvalue weighted by molar-refractivity contribution is 6.33. The van der Waals surface area contributed by atoms with Gasteiger partial charge in [0.05, 0.1) is 0 Å². The minimum absolute atomic E-state index is 0.169. The minimum Gasteiger partial charge on any atom is -0.410 e. The third kappa shape index (κ3) is 4.84. The van der Waals surface area contributed by atoms with Gasteiger partial charge in [0.25, 0.3) is 0 Å². The molecule has 5 nitrogen and oxygen atoms in total. The molecular formula is C14H17ClF2N2O3. The Balaban J connectivity index is 3.18. The molecule has 0 spiro atoms. The number of carbonyl (C=O) groups excluding carboxylic acids is 2. The molecule has 0 unspecified atom stereocenters. The highest BCUT2D eigenvalue weighted by Gasteiger charge is 2.36. The standard InChI is InChI=1S/C14H17ClF2N2O3/c1-13(2,3)9-7-8(22-12(21)18-4)5-6-10(9)19-11(20)14(15,16)17/h5-7H,1-4H3,(H,18,21)(H,19,20). The number of benzene rings is 1. The molecule has 122 valence electrons. The number of nitrogens with one attached hydrogen (secondary N) is 2. The monoisotopic (exact) mass is 334 g/mol. The van der Waals surface area contributed by atoms with Crippen LogP contribution in [0, 0.1) is 0 Å². The summed E-state index contributed by atoms with van der Waals surface area (Å²) in [5.74, 6) is -1.40. The van der Waals surface area contributed by atoms with E-state index < -0.39 is 22.8 Å². The van der Waals surface area contributed by atoms with Crippen molar-refractivity contribution < 1.29 is 23.1 Å². The van der Waals surface area contributed by atoms with Crippen LogP contribution < -0.4 is 15.4 Å². The maximum atomic E-state index is 12.8. The number of halogens is 3. The van der Waals surface area contributed by atoms with Crippen LogP contribution in [-0.2, 0) is 10.2 Å². The molecule has 0 atom stereocenters. The van der Waals surface area contributed by atoms with Crippen LogP contribution in [0.5, 0.6) is 5.75 Å². The molecule has 0 saturated heterocycles. The molecule has 1 aromatic rings. The van der Waals surface area contributed by atoms with Crippen LogP contribution in [0.2, 0.25) is 0 Å². The number of carbonyl (C=O) groups is 2. The average Bonchev–Trinajstić information content (AvgIpc) is 2.37. The second-order valence-electron chi connectivity index (χ2n) is 5.55. The lowest BCUT2D eigenvalue weighted by Crippen LogP contribution is -2.30. The van der Waals surface area contributed by atoms with Crippen molar-refractivity contribution in [3.8, 4) is 5.75 Å². The van der Waals surface area contributed by atoms with Crippen molar-refractivity contribution in [3.05, 3.63) is 23.8 Å². The van der Waals surface area contributed by atoms with E-state index in [9.17, 15) is 18.4 Å². The summed E-state index contributed by atoms with van der Waals surface area (Å²) in [5.41, 5.74) is 0.192. The number of amides is 2. The van der Waals surface area contributed by atoms with Gasteiger partial charge in [0.1, 0.15) is 5.75 Å². The van der Waals surface area contributed by atoms with Crippen molar-refractivity contribution in [2.45, 2.75) is 31.6 Å². The maximum absolute atomic E-state index is 12.8. The molecule has 22 heavy (non-hydrogen) atoms. The first-order valence-corrected chi connectivity index (χ1v) is 6.75. The van der Waals surface area contributed by atoms with Gasteiger partial charge in [0.2, 0.25) is 0 Å². The van der Waals surface area contributed by atoms with E-state index in [1.54, 1.807) is 0 Å². The van der Waals surface area contributed by atoms with Gasteiger partial charge in [0, 0.05) is 12.7 Å². The zero-order valence-corrected chi connectivity index (χ0v) is 13.3. The second-order valence-corrected chi connectivity index (χ2v) is 6.02. The van der Waals surface area contributed by atoms with Gasteiger partial charge in [-0.25, -0.2) is 4.79 Å². The molecule has 0 aliphatic rings. The fraction of sp³-hybridized carbons (Fsp3) is 0.429. The van der Waals surface area contributed by atoms with E-state index in [2.05, 4.69) is 10.6 Å². The number of rotatable bonds is 3. The number of anilines is 1. The van der Waals surface area contributed by atoms with Crippen LogP contribution in [0.15, 0.2) is 18.2 Å². The summed E-state index contributed by atoms with van der Waals surface area (Å²) >= 11 is 4.70. The second kappa shape index (κ2) is 6.48. The van der Waals surface area contributed by atoms with E-state index >= 15 is 0 Å². The number of alkyl halides is 3. The van der Waals surface area contributed by atoms with Crippen LogP contribution >= 0.6 is 11.6 Å². The highest BCUT2D eigenvalue weighted by Crippen LogP contribution is 2.34. The fourth-order valence-electron chi connectivity index (χ4n) is 1.67. The van der Waals surface area contributed by atoms with E-state index in [-0.39, 0.29) is 11.4 Å². The Kier molecular flexibility index (Phi) is 5.35. The van der Waals surface area contributed by atoms with Crippen LogP contribution in [0.25, 0.3) is 0 Å². The molecule has 0 aliphatic carbocycles. The molecule has 0 bridgehead atoms. The average molecular weight is 335 g/mol. The van der Waals surface area contributed by atoms with Crippen molar-refractivity contribution in [3.63, 3.8) is 0 Å². The number of hydrogen-bond donors (Lipinski definition) is 2. The molecule has 8 heteroatoms. The van der Waals surface area contributed by atoms with Gasteiger partial charge in [-0.2, -0.15) is 8.78 Å². The van der Waals surface area contributed by atoms with E-state index in [1.165, 1.54) is 25.2 Å². The molecule has 2 N–H and O–H groups in total. The largest absolute Gasteiger partial charge is 0.412 e. The first-order valence-electron chi connectivity index (χ1n) is 6.37. The third-order valence-electron chi connectivity index (χ3n) is 2.72. The third-order valence-corrected chi connectivity index (χ3v) is 2.89. The first-order chi connectivity index (χ1) is 9.95. The molecule has 0 radical (unpaired) electrons. The van der Waals surface area contributed by atoms with Gasteiger partial charge in [-0.3, -0.25) is 4.79 Å². The van der Waals surface area contributed by atoms with Gasteiger partial charge >= 0.3 is 17.4 Å². The van der Waals surface area contributed by atoms with Crippen molar-refractivity contribution in [2.24, 2.45) is 0 Å². The molecule has 0 heterocycles. The Bertz CT molecular complexity index is 580. The molecule has 0 aromatic heterocycles. The van der Waals surface area contributed by atoms with Crippen LogP contribution in [-0.4, -0.2) is 24.4 Å². The molecule has 2 amide bonds. The first kappa shape index (κ1) is 18.2. The molecule has 1 rings (SSSR count). The quantitative estimate of drug-likeness (QED) is 0.832. The molecule has 0 aliphatic heterocycles. The topological polar surface area (TPSA) is 67.4 Å². The molecule has 1 aromatic carbocycles. The predicted molar refractivity (Wildman–Crippen MR) is 79.7 cm³/mol. The summed E-state index contributed by atoms with van der Waals surface area (Å²) in [6.45, 7) is 5.46. The number of hydrogen-bond acceptors (Lipinski definition) is 3. The summed E-state index contributed by atoms with van der Waals surface area (Å²) in [4.78, 5) is 22.6.